The average Bonchev–Trinajstić information content (AvgIpc) is 2.76. The Morgan fingerprint density at radius 3 is 2.63 bits per heavy atom. The third-order valence-corrected chi connectivity index (χ3v) is 4.90. The Morgan fingerprint density at radius 1 is 1.17 bits per heavy atom. The Labute approximate surface area is 195 Å². The Kier molecular flexibility index (Phi) is 9.72. The van der Waals surface area contributed by atoms with Crippen LogP contribution in [0, 0.1) is 0 Å². The van der Waals surface area contributed by atoms with E-state index in [0.717, 1.165) is 42.5 Å². The fourth-order valence-electron chi connectivity index (χ4n) is 3.32. The molecule has 3 N–H and O–H groups in total. The van der Waals surface area contributed by atoms with E-state index in [2.05, 4.69) is 56.2 Å². The topological polar surface area (TPSA) is 78.0 Å². The van der Waals surface area contributed by atoms with E-state index in [9.17, 15) is 4.79 Å². The van der Waals surface area contributed by atoms with Crippen molar-refractivity contribution in [1.29, 1.82) is 0 Å². The third kappa shape index (κ3) is 6.79. The molecule has 162 valence electrons. The number of anilines is 1. The van der Waals surface area contributed by atoms with Crippen LogP contribution < -0.4 is 25.6 Å². The number of halogens is 1. The molecule has 0 aromatic heterocycles. The molecular formula is C22H30IN5O2. The second kappa shape index (κ2) is 12.3. The first kappa shape index (κ1) is 23.8. The second-order valence-corrected chi connectivity index (χ2v) is 6.85. The number of rotatable bonds is 7. The van der Waals surface area contributed by atoms with Crippen LogP contribution in [0.3, 0.4) is 0 Å². The minimum atomic E-state index is 0. The maximum absolute atomic E-state index is 11.5. The van der Waals surface area contributed by atoms with Crippen molar-refractivity contribution < 1.29 is 9.53 Å². The summed E-state index contributed by atoms with van der Waals surface area (Å²) in [5.74, 6) is 1.74. The van der Waals surface area contributed by atoms with Crippen molar-refractivity contribution in [3.05, 3.63) is 59.7 Å². The summed E-state index contributed by atoms with van der Waals surface area (Å²) in [7, 11) is 3.46. The van der Waals surface area contributed by atoms with Gasteiger partial charge >= 0.3 is 0 Å². The molecule has 0 aliphatic carbocycles. The van der Waals surface area contributed by atoms with Crippen LogP contribution in [0.4, 0.5) is 5.69 Å². The molecule has 1 heterocycles. The number of para-hydroxylation sites is 1. The Hall–Kier alpha value is -2.49. The fraction of sp³-hybridized carbons (Fsp3) is 0.364. The zero-order valence-electron chi connectivity index (χ0n) is 17.5. The number of benzene rings is 2. The minimum Gasteiger partial charge on any atom is -0.496 e. The summed E-state index contributed by atoms with van der Waals surface area (Å²) in [4.78, 5) is 17.9. The van der Waals surface area contributed by atoms with Crippen LogP contribution in [0.2, 0.25) is 0 Å². The normalized spacial score (nSPS) is 13.9. The average molecular weight is 523 g/mol. The highest BCUT2D eigenvalue weighted by molar-refractivity contribution is 14.0. The quantitative estimate of drug-likeness (QED) is 0.295. The van der Waals surface area contributed by atoms with Crippen LogP contribution in [-0.4, -0.2) is 52.2 Å². The summed E-state index contributed by atoms with van der Waals surface area (Å²) < 4.78 is 5.39. The Bertz CT molecular complexity index is 842. The molecule has 1 aliphatic heterocycles. The van der Waals surface area contributed by atoms with Crippen molar-refractivity contribution in [2.75, 3.05) is 45.2 Å². The van der Waals surface area contributed by atoms with Gasteiger partial charge in [-0.3, -0.25) is 9.79 Å². The number of methoxy groups -OCH3 is 1. The van der Waals surface area contributed by atoms with E-state index in [1.807, 2.05) is 18.2 Å². The van der Waals surface area contributed by atoms with E-state index < -0.39 is 0 Å². The van der Waals surface area contributed by atoms with Crippen LogP contribution >= 0.6 is 24.0 Å². The summed E-state index contributed by atoms with van der Waals surface area (Å²) in [6.45, 7) is 3.39. The zero-order valence-corrected chi connectivity index (χ0v) is 19.8. The number of ether oxygens (including phenoxy) is 1. The van der Waals surface area contributed by atoms with E-state index in [4.69, 9.17) is 4.74 Å². The molecule has 1 aliphatic rings. The summed E-state index contributed by atoms with van der Waals surface area (Å²) in [5, 5.41) is 9.52. The van der Waals surface area contributed by atoms with Gasteiger partial charge in [-0.2, -0.15) is 0 Å². The van der Waals surface area contributed by atoms with Crippen molar-refractivity contribution in [2.24, 2.45) is 4.99 Å². The molecule has 1 fully saturated rings. The maximum atomic E-state index is 11.5. The molecule has 1 saturated heterocycles. The monoisotopic (exact) mass is 523 g/mol. The number of piperazine rings is 1. The van der Waals surface area contributed by atoms with Gasteiger partial charge in [-0.05, 0) is 35.7 Å². The Balaban J connectivity index is 0.00000320. The summed E-state index contributed by atoms with van der Waals surface area (Å²) in [6.07, 6.45) is 0.850. The van der Waals surface area contributed by atoms with Crippen LogP contribution in [0.1, 0.15) is 11.1 Å². The number of carbonyl (C=O) groups excluding carboxylic acids is 1. The van der Waals surface area contributed by atoms with Crippen LogP contribution in [0.25, 0.3) is 0 Å². The van der Waals surface area contributed by atoms with Crippen LogP contribution in [0.15, 0.2) is 53.5 Å². The summed E-state index contributed by atoms with van der Waals surface area (Å²) >= 11 is 0. The molecular weight excluding hydrogens is 493 g/mol. The number of hydrogen-bond acceptors (Lipinski definition) is 4. The fourth-order valence-corrected chi connectivity index (χ4v) is 3.32. The van der Waals surface area contributed by atoms with Crippen molar-refractivity contribution in [3.63, 3.8) is 0 Å². The van der Waals surface area contributed by atoms with E-state index in [1.165, 1.54) is 5.56 Å². The molecule has 0 unspecified atom stereocenters. The smallest absolute Gasteiger partial charge is 0.239 e. The van der Waals surface area contributed by atoms with Gasteiger partial charge in [-0.25, -0.2) is 0 Å². The van der Waals surface area contributed by atoms with E-state index in [-0.39, 0.29) is 29.9 Å². The molecule has 0 radical (unpaired) electrons. The van der Waals surface area contributed by atoms with Crippen molar-refractivity contribution in [3.8, 4) is 5.75 Å². The molecule has 0 bridgehead atoms. The molecule has 0 saturated carbocycles. The molecule has 8 heteroatoms. The predicted octanol–water partition coefficient (Wildman–Crippen LogP) is 2.16. The minimum absolute atomic E-state index is 0. The number of hydrogen-bond donors (Lipinski definition) is 3. The summed E-state index contributed by atoms with van der Waals surface area (Å²) in [6, 6.07) is 16.3. The van der Waals surface area contributed by atoms with Crippen molar-refractivity contribution in [2.45, 2.75) is 13.0 Å². The van der Waals surface area contributed by atoms with E-state index in [0.29, 0.717) is 19.6 Å². The van der Waals surface area contributed by atoms with Gasteiger partial charge in [0.15, 0.2) is 5.96 Å². The molecule has 0 atom stereocenters. The zero-order chi connectivity index (χ0) is 20.5. The SMILES string of the molecule is CN=C(NCCc1ccccc1OC)NCc1ccc(N2CCNC(=O)C2)cc1.I. The van der Waals surface area contributed by atoms with Crippen LogP contribution in [-0.2, 0) is 17.8 Å². The van der Waals surface area contributed by atoms with Gasteiger partial charge in [0.25, 0.3) is 0 Å². The standard InChI is InChI=1S/C22H29N5O2.HI/c1-23-22(25-12-11-18-5-3-4-6-20(18)29-2)26-15-17-7-9-19(10-8-17)27-14-13-24-21(28)16-27;/h3-10H,11-16H2,1-2H3,(H,24,28)(H2,23,25,26);1H. The number of aliphatic imine (C=N–C) groups is 1. The molecule has 2 aromatic rings. The van der Waals surface area contributed by atoms with Gasteiger partial charge in [-0.15, -0.1) is 24.0 Å². The molecule has 1 amide bonds. The highest BCUT2D eigenvalue weighted by Gasteiger charge is 2.16. The molecule has 0 spiro atoms. The third-order valence-electron chi connectivity index (χ3n) is 4.90. The van der Waals surface area contributed by atoms with Crippen molar-refractivity contribution in [1.82, 2.24) is 16.0 Å². The highest BCUT2D eigenvalue weighted by Crippen LogP contribution is 2.17. The predicted molar refractivity (Wildman–Crippen MR) is 132 cm³/mol. The van der Waals surface area contributed by atoms with Gasteiger partial charge in [0.1, 0.15) is 5.75 Å². The molecule has 2 aromatic carbocycles. The number of carbonyl (C=O) groups is 1. The first-order valence-corrected chi connectivity index (χ1v) is 9.86. The first-order chi connectivity index (χ1) is 14.2. The lowest BCUT2D eigenvalue weighted by atomic mass is 10.1. The summed E-state index contributed by atoms with van der Waals surface area (Å²) in [5.41, 5.74) is 3.39. The number of amides is 1. The lowest BCUT2D eigenvalue weighted by Gasteiger charge is -2.28. The lowest BCUT2D eigenvalue weighted by Crippen LogP contribution is -2.47. The van der Waals surface area contributed by atoms with Crippen molar-refractivity contribution >= 4 is 41.5 Å². The van der Waals surface area contributed by atoms with E-state index in [1.54, 1.807) is 14.2 Å². The maximum Gasteiger partial charge on any atom is 0.239 e. The number of nitrogens with zero attached hydrogens (tertiary/aromatic N) is 2. The molecule has 3 rings (SSSR count). The Morgan fingerprint density at radius 2 is 1.93 bits per heavy atom. The second-order valence-electron chi connectivity index (χ2n) is 6.85. The van der Waals surface area contributed by atoms with E-state index >= 15 is 0 Å². The highest BCUT2D eigenvalue weighted by atomic mass is 127. The molecule has 30 heavy (non-hydrogen) atoms. The van der Waals surface area contributed by atoms with Gasteiger partial charge in [0.2, 0.25) is 5.91 Å². The number of guanidine groups is 1. The van der Waals surface area contributed by atoms with Gasteiger partial charge in [0.05, 0.1) is 13.7 Å². The lowest BCUT2D eigenvalue weighted by molar-refractivity contribution is -0.120. The number of nitrogens with one attached hydrogen (secondary N) is 3. The van der Waals surface area contributed by atoms with Gasteiger partial charge in [0, 0.05) is 38.9 Å². The first-order valence-electron chi connectivity index (χ1n) is 9.86. The van der Waals surface area contributed by atoms with Crippen LogP contribution in [0.5, 0.6) is 5.75 Å². The van der Waals surface area contributed by atoms with Gasteiger partial charge in [-0.1, -0.05) is 30.3 Å². The largest absolute Gasteiger partial charge is 0.496 e. The molecule has 7 nitrogen and oxygen atoms in total. The van der Waals surface area contributed by atoms with Gasteiger partial charge < -0.3 is 25.6 Å².